The molecule has 1 atom stereocenters. The van der Waals surface area contributed by atoms with Crippen molar-refractivity contribution in [1.82, 2.24) is 15.1 Å². The monoisotopic (exact) mass is 357 g/mol. The molecule has 90 valence electrons. The molecule has 1 heterocycles. The summed E-state index contributed by atoms with van der Waals surface area (Å²) < 4.78 is 3.98. The Morgan fingerprint density at radius 3 is 2.47 bits per heavy atom. The lowest BCUT2D eigenvalue weighted by molar-refractivity contribution is 0.602. The maximum Gasteiger partial charge on any atom is 0.0768 e. The van der Waals surface area contributed by atoms with Crippen molar-refractivity contribution in [2.24, 2.45) is 7.05 Å². The summed E-state index contributed by atoms with van der Waals surface area (Å²) in [5.41, 5.74) is 2.30. The fraction of sp³-hybridized carbons (Fsp3) is 0.250. The van der Waals surface area contributed by atoms with Crippen molar-refractivity contribution < 1.29 is 0 Å². The van der Waals surface area contributed by atoms with Gasteiger partial charge in [0, 0.05) is 11.5 Å². The molecule has 0 aliphatic heterocycles. The zero-order valence-corrected chi connectivity index (χ0v) is 12.8. The van der Waals surface area contributed by atoms with Gasteiger partial charge in [-0.3, -0.25) is 4.68 Å². The Morgan fingerprint density at radius 1 is 1.24 bits per heavy atom. The average molecular weight is 359 g/mol. The van der Waals surface area contributed by atoms with Gasteiger partial charge in [-0.15, -0.1) is 0 Å². The molecule has 0 bridgehead atoms. The minimum absolute atomic E-state index is 0.104. The summed E-state index contributed by atoms with van der Waals surface area (Å²) in [5.74, 6) is 0. The second kappa shape index (κ2) is 5.33. The predicted octanol–water partition coefficient (Wildman–Crippen LogP) is 3.25. The number of nitrogens with one attached hydrogen (secondary N) is 1. The summed E-state index contributed by atoms with van der Waals surface area (Å²) in [5, 5.41) is 7.58. The topological polar surface area (TPSA) is 29.9 Å². The molecule has 0 saturated heterocycles. The van der Waals surface area contributed by atoms with Crippen molar-refractivity contribution in [2.75, 3.05) is 7.05 Å². The van der Waals surface area contributed by atoms with Crippen LogP contribution in [-0.2, 0) is 7.05 Å². The van der Waals surface area contributed by atoms with Crippen LogP contribution in [0.15, 0.2) is 39.4 Å². The maximum atomic E-state index is 4.25. The maximum absolute atomic E-state index is 4.25. The van der Waals surface area contributed by atoms with Gasteiger partial charge in [0.1, 0.15) is 0 Å². The number of rotatable bonds is 3. The van der Waals surface area contributed by atoms with Gasteiger partial charge < -0.3 is 5.32 Å². The van der Waals surface area contributed by atoms with Crippen molar-refractivity contribution in [1.29, 1.82) is 0 Å². The molecule has 1 unspecified atom stereocenters. The zero-order valence-electron chi connectivity index (χ0n) is 9.61. The first-order valence-electron chi connectivity index (χ1n) is 5.24. The first kappa shape index (κ1) is 12.8. The number of halogens is 2. The molecule has 5 heteroatoms. The second-order valence-electron chi connectivity index (χ2n) is 3.74. The van der Waals surface area contributed by atoms with Gasteiger partial charge in [-0.1, -0.05) is 34.1 Å². The van der Waals surface area contributed by atoms with Gasteiger partial charge in [0.25, 0.3) is 0 Å². The molecule has 0 radical (unpaired) electrons. The summed E-state index contributed by atoms with van der Waals surface area (Å²) >= 11 is 7.13. The van der Waals surface area contributed by atoms with Crippen LogP contribution in [-0.4, -0.2) is 16.8 Å². The molecule has 0 fully saturated rings. The third-order valence-corrected chi connectivity index (χ3v) is 4.05. The van der Waals surface area contributed by atoms with E-state index in [1.165, 1.54) is 5.56 Å². The van der Waals surface area contributed by atoms with Gasteiger partial charge in [-0.2, -0.15) is 5.10 Å². The van der Waals surface area contributed by atoms with E-state index < -0.39 is 0 Å². The van der Waals surface area contributed by atoms with Crippen LogP contribution in [0.3, 0.4) is 0 Å². The molecule has 0 amide bonds. The number of hydrogen-bond acceptors (Lipinski definition) is 2. The highest BCUT2D eigenvalue weighted by Gasteiger charge is 2.20. The number of hydrogen-bond donors (Lipinski definition) is 1. The van der Waals surface area contributed by atoms with E-state index in [4.69, 9.17) is 0 Å². The largest absolute Gasteiger partial charge is 0.308 e. The van der Waals surface area contributed by atoms with Crippen molar-refractivity contribution in [3.8, 4) is 0 Å². The highest BCUT2D eigenvalue weighted by atomic mass is 79.9. The summed E-state index contributed by atoms with van der Waals surface area (Å²) in [6.45, 7) is 0. The molecule has 1 aromatic heterocycles. The van der Waals surface area contributed by atoms with Crippen LogP contribution in [0.1, 0.15) is 17.3 Å². The molecular formula is C12H13Br2N3. The standard InChI is InChI=1S/C12H13Br2N3/c1-15-11(8-5-3-4-6-9(8)13)12-10(14)7-16-17(12)2/h3-7,11,15H,1-2H3. The predicted molar refractivity (Wildman–Crippen MR) is 76.0 cm³/mol. The van der Waals surface area contributed by atoms with Gasteiger partial charge in [-0.05, 0) is 34.6 Å². The molecule has 17 heavy (non-hydrogen) atoms. The van der Waals surface area contributed by atoms with Crippen molar-refractivity contribution in [2.45, 2.75) is 6.04 Å². The molecule has 0 aliphatic rings. The minimum atomic E-state index is 0.104. The Bertz CT molecular complexity index is 503. The molecule has 2 rings (SSSR count). The van der Waals surface area contributed by atoms with Crippen LogP contribution in [0.5, 0.6) is 0 Å². The summed E-state index contributed by atoms with van der Waals surface area (Å²) in [7, 11) is 3.89. The van der Waals surface area contributed by atoms with E-state index in [0.29, 0.717) is 0 Å². The summed E-state index contributed by atoms with van der Waals surface area (Å²) in [6.07, 6.45) is 1.82. The number of benzene rings is 1. The van der Waals surface area contributed by atoms with Crippen LogP contribution >= 0.6 is 31.9 Å². The normalized spacial score (nSPS) is 12.7. The number of nitrogens with zero attached hydrogens (tertiary/aromatic N) is 2. The molecular weight excluding hydrogens is 346 g/mol. The van der Waals surface area contributed by atoms with E-state index in [1.807, 2.05) is 43.2 Å². The smallest absolute Gasteiger partial charge is 0.0768 e. The Balaban J connectivity index is 2.52. The van der Waals surface area contributed by atoms with E-state index in [2.05, 4.69) is 48.3 Å². The quantitative estimate of drug-likeness (QED) is 0.912. The summed E-state index contributed by atoms with van der Waals surface area (Å²) in [4.78, 5) is 0. The molecule has 0 saturated carbocycles. The molecule has 3 nitrogen and oxygen atoms in total. The van der Waals surface area contributed by atoms with Crippen LogP contribution in [0.25, 0.3) is 0 Å². The van der Waals surface area contributed by atoms with Gasteiger partial charge in [0.05, 0.1) is 22.4 Å². The molecule has 0 spiro atoms. The van der Waals surface area contributed by atoms with Crippen LogP contribution in [0.4, 0.5) is 0 Å². The first-order chi connectivity index (χ1) is 8.15. The highest BCUT2D eigenvalue weighted by molar-refractivity contribution is 9.10. The Morgan fingerprint density at radius 2 is 1.94 bits per heavy atom. The lowest BCUT2D eigenvalue weighted by atomic mass is 10.0. The number of aryl methyl sites for hydroxylation is 1. The highest BCUT2D eigenvalue weighted by Crippen LogP contribution is 2.31. The second-order valence-corrected chi connectivity index (χ2v) is 5.45. The summed E-state index contributed by atoms with van der Waals surface area (Å²) in [6, 6.07) is 8.30. The lowest BCUT2D eigenvalue weighted by Crippen LogP contribution is -2.21. The molecule has 2 aromatic rings. The first-order valence-corrected chi connectivity index (χ1v) is 6.83. The SMILES string of the molecule is CNC(c1ccccc1Br)c1c(Br)cnn1C. The van der Waals surface area contributed by atoms with Crippen LogP contribution in [0.2, 0.25) is 0 Å². The average Bonchev–Trinajstić information content (AvgIpc) is 2.64. The van der Waals surface area contributed by atoms with Gasteiger partial charge in [0.15, 0.2) is 0 Å². The van der Waals surface area contributed by atoms with Crippen molar-refractivity contribution >= 4 is 31.9 Å². The van der Waals surface area contributed by atoms with Crippen molar-refractivity contribution in [3.63, 3.8) is 0 Å². The Labute approximate surface area is 117 Å². The van der Waals surface area contributed by atoms with E-state index in [9.17, 15) is 0 Å². The third-order valence-electron chi connectivity index (χ3n) is 2.72. The molecule has 1 N–H and O–H groups in total. The lowest BCUT2D eigenvalue weighted by Gasteiger charge is -2.19. The zero-order chi connectivity index (χ0) is 12.4. The van der Waals surface area contributed by atoms with Crippen molar-refractivity contribution in [3.05, 3.63) is 50.7 Å². The third kappa shape index (κ3) is 2.46. The van der Waals surface area contributed by atoms with E-state index >= 15 is 0 Å². The fourth-order valence-corrected chi connectivity index (χ4v) is 2.98. The van der Waals surface area contributed by atoms with Gasteiger partial charge in [-0.25, -0.2) is 0 Å². The van der Waals surface area contributed by atoms with E-state index in [-0.39, 0.29) is 6.04 Å². The molecule has 1 aromatic carbocycles. The Hall–Kier alpha value is -0.650. The Kier molecular flexibility index (Phi) is 4.01. The molecule has 0 aliphatic carbocycles. The minimum Gasteiger partial charge on any atom is -0.308 e. The van der Waals surface area contributed by atoms with Crippen LogP contribution < -0.4 is 5.32 Å². The van der Waals surface area contributed by atoms with Gasteiger partial charge >= 0.3 is 0 Å². The van der Waals surface area contributed by atoms with Crippen LogP contribution in [0, 0.1) is 0 Å². The van der Waals surface area contributed by atoms with E-state index in [1.54, 1.807) is 0 Å². The number of aromatic nitrogens is 2. The van der Waals surface area contributed by atoms with E-state index in [0.717, 1.165) is 14.6 Å². The fourth-order valence-electron chi connectivity index (χ4n) is 1.89. The van der Waals surface area contributed by atoms with Gasteiger partial charge in [0.2, 0.25) is 0 Å².